The number of unbranched alkanes of at least 4 members (excludes halogenated alkanes) is 30. The van der Waals surface area contributed by atoms with Gasteiger partial charge in [-0.05, 0) is 33.6 Å². The first-order valence-corrected chi connectivity index (χ1v) is 21.3. The summed E-state index contributed by atoms with van der Waals surface area (Å²) in [7, 11) is 0. The van der Waals surface area contributed by atoms with E-state index in [1.807, 2.05) is 0 Å². The van der Waals surface area contributed by atoms with Gasteiger partial charge in [-0.25, -0.2) is 0 Å². The van der Waals surface area contributed by atoms with Crippen molar-refractivity contribution >= 4 is 0 Å². The first kappa shape index (κ1) is 45.9. The third kappa shape index (κ3) is 40.1. The highest BCUT2D eigenvalue weighted by Gasteiger charge is 2.16. The van der Waals surface area contributed by atoms with Gasteiger partial charge in [0.25, 0.3) is 0 Å². The van der Waals surface area contributed by atoms with Crippen molar-refractivity contribution in [3.63, 3.8) is 0 Å². The van der Waals surface area contributed by atoms with Crippen molar-refractivity contribution in [3.05, 3.63) is 0 Å². The lowest BCUT2D eigenvalue weighted by Gasteiger charge is -2.24. The summed E-state index contributed by atoms with van der Waals surface area (Å²) >= 11 is 0. The second kappa shape index (κ2) is 37.7. The molecule has 0 spiro atoms. The molecule has 0 heterocycles. The fourth-order valence-electron chi connectivity index (χ4n) is 6.35. The third-order valence-electron chi connectivity index (χ3n) is 9.50. The third-order valence-corrected chi connectivity index (χ3v) is 9.50. The van der Waals surface area contributed by atoms with Crippen LogP contribution >= 0.6 is 0 Å². The maximum atomic E-state index is 6.24. The van der Waals surface area contributed by atoms with Crippen molar-refractivity contribution in [1.29, 1.82) is 0 Å². The number of hydrogen-bond acceptors (Lipinski definition) is 3. The van der Waals surface area contributed by atoms with E-state index >= 15 is 0 Å². The summed E-state index contributed by atoms with van der Waals surface area (Å²) in [5.74, 6) is 0. The summed E-state index contributed by atoms with van der Waals surface area (Å²) < 4.78 is 18.4. The molecular formula is C43H88O3. The van der Waals surface area contributed by atoms with Crippen LogP contribution < -0.4 is 0 Å². The summed E-state index contributed by atoms with van der Waals surface area (Å²) in [6.45, 7) is 13.9. The van der Waals surface area contributed by atoms with Crippen molar-refractivity contribution in [1.82, 2.24) is 0 Å². The number of hydrogen-bond donors (Lipinski definition) is 0. The van der Waals surface area contributed by atoms with Gasteiger partial charge in [0.2, 0.25) is 0 Å². The minimum absolute atomic E-state index is 0.0524. The molecule has 0 radical (unpaired) electrons. The quantitative estimate of drug-likeness (QED) is 0.0618. The monoisotopic (exact) mass is 653 g/mol. The topological polar surface area (TPSA) is 27.7 Å². The SMILES string of the molecule is CCCCCCCCCCCCCCCCCCOC[C@@H](COC(C)(C)C)OCCCCCCCCCCCCCCCCCC. The lowest BCUT2D eigenvalue weighted by Crippen LogP contribution is -2.31. The molecule has 0 amide bonds. The highest BCUT2D eigenvalue weighted by molar-refractivity contribution is 4.64. The zero-order chi connectivity index (χ0) is 33.7. The van der Waals surface area contributed by atoms with Crippen molar-refractivity contribution in [2.75, 3.05) is 26.4 Å². The molecule has 1 atom stereocenters. The molecule has 0 aromatic carbocycles. The zero-order valence-corrected chi connectivity index (χ0v) is 32.8. The molecule has 0 saturated carbocycles. The summed E-state index contributed by atoms with van der Waals surface area (Å²) in [5.41, 5.74) is -0.135. The molecule has 0 fully saturated rings. The van der Waals surface area contributed by atoms with Gasteiger partial charge in [-0.15, -0.1) is 0 Å². The maximum Gasteiger partial charge on any atom is 0.104 e. The van der Waals surface area contributed by atoms with Gasteiger partial charge < -0.3 is 14.2 Å². The van der Waals surface area contributed by atoms with E-state index in [9.17, 15) is 0 Å². The predicted octanol–water partition coefficient (Wildman–Crippen LogP) is 14.7. The van der Waals surface area contributed by atoms with Crippen molar-refractivity contribution in [2.45, 2.75) is 252 Å². The largest absolute Gasteiger partial charge is 0.379 e. The standard InChI is InChI=1S/C43H88O3/c1-6-8-10-12-14-16-18-20-22-24-26-28-30-32-34-36-38-44-40-42(41-46-43(3,4)5)45-39-37-35-33-31-29-27-25-23-21-19-17-15-13-11-9-7-2/h42H,6-41H2,1-5H3/t42-/m0/s1. The van der Waals surface area contributed by atoms with Crippen LogP contribution in [0, 0.1) is 0 Å². The molecule has 0 unspecified atom stereocenters. The minimum Gasteiger partial charge on any atom is -0.379 e. The predicted molar refractivity (Wildman–Crippen MR) is 205 cm³/mol. The first-order chi connectivity index (χ1) is 22.5. The Morgan fingerprint density at radius 3 is 0.935 bits per heavy atom. The minimum atomic E-state index is -0.135. The van der Waals surface area contributed by atoms with Gasteiger partial charge in [0, 0.05) is 13.2 Å². The molecule has 3 nitrogen and oxygen atoms in total. The first-order valence-electron chi connectivity index (χ1n) is 21.3. The Kier molecular flexibility index (Phi) is 37.6. The van der Waals surface area contributed by atoms with Crippen LogP contribution in [-0.4, -0.2) is 38.1 Å². The van der Waals surface area contributed by atoms with Gasteiger partial charge in [-0.1, -0.05) is 206 Å². The van der Waals surface area contributed by atoms with E-state index in [2.05, 4.69) is 34.6 Å². The average molecular weight is 653 g/mol. The highest BCUT2D eigenvalue weighted by Crippen LogP contribution is 2.16. The molecule has 0 saturated heterocycles. The molecule has 0 rings (SSSR count). The summed E-state index contributed by atoms with van der Waals surface area (Å²) in [6, 6.07) is 0. The van der Waals surface area contributed by atoms with Gasteiger partial charge in [0.15, 0.2) is 0 Å². The van der Waals surface area contributed by atoms with E-state index in [-0.39, 0.29) is 11.7 Å². The molecule has 0 aliphatic heterocycles. The molecule has 0 aliphatic carbocycles. The molecule has 0 aromatic rings. The second-order valence-corrected chi connectivity index (χ2v) is 15.6. The number of ether oxygens (including phenoxy) is 3. The Hall–Kier alpha value is -0.120. The lowest BCUT2D eigenvalue weighted by atomic mass is 10.0. The normalized spacial score (nSPS) is 12.7. The second-order valence-electron chi connectivity index (χ2n) is 15.6. The van der Waals surface area contributed by atoms with Gasteiger partial charge >= 0.3 is 0 Å². The van der Waals surface area contributed by atoms with Gasteiger partial charge in [-0.3, -0.25) is 0 Å². The van der Waals surface area contributed by atoms with Crippen LogP contribution in [0.1, 0.15) is 240 Å². The Balaban J connectivity index is 3.61. The zero-order valence-electron chi connectivity index (χ0n) is 32.8. The van der Waals surface area contributed by atoms with Crippen molar-refractivity contribution in [2.24, 2.45) is 0 Å². The molecule has 0 aromatic heterocycles. The summed E-state index contributed by atoms with van der Waals surface area (Å²) in [4.78, 5) is 0. The average Bonchev–Trinajstić information content (AvgIpc) is 3.03. The van der Waals surface area contributed by atoms with E-state index in [0.717, 1.165) is 19.6 Å². The molecule has 278 valence electrons. The van der Waals surface area contributed by atoms with Gasteiger partial charge in [0.05, 0.1) is 18.8 Å². The molecule has 3 heteroatoms. The number of rotatable bonds is 39. The fourth-order valence-corrected chi connectivity index (χ4v) is 6.35. The fraction of sp³-hybridized carbons (Fsp3) is 1.00. The highest BCUT2D eigenvalue weighted by atomic mass is 16.6. The van der Waals surface area contributed by atoms with Crippen LogP contribution in [0.25, 0.3) is 0 Å². The van der Waals surface area contributed by atoms with Gasteiger partial charge in [0.1, 0.15) is 6.10 Å². The summed E-state index contributed by atoms with van der Waals surface area (Å²) in [5, 5.41) is 0. The molecule has 0 N–H and O–H groups in total. The van der Waals surface area contributed by atoms with Crippen LogP contribution in [0.2, 0.25) is 0 Å². The van der Waals surface area contributed by atoms with E-state index in [1.54, 1.807) is 0 Å². The van der Waals surface area contributed by atoms with E-state index in [0.29, 0.717) is 13.2 Å². The Labute approximate surface area is 291 Å². The van der Waals surface area contributed by atoms with Crippen LogP contribution in [-0.2, 0) is 14.2 Å². The van der Waals surface area contributed by atoms with Gasteiger partial charge in [-0.2, -0.15) is 0 Å². The van der Waals surface area contributed by atoms with Crippen LogP contribution in [0.3, 0.4) is 0 Å². The van der Waals surface area contributed by atoms with Crippen molar-refractivity contribution in [3.8, 4) is 0 Å². The molecule has 46 heavy (non-hydrogen) atoms. The summed E-state index contributed by atoms with van der Waals surface area (Å²) in [6.07, 6.45) is 44.9. The van der Waals surface area contributed by atoms with E-state index < -0.39 is 0 Å². The van der Waals surface area contributed by atoms with E-state index in [1.165, 1.54) is 199 Å². The smallest absolute Gasteiger partial charge is 0.104 e. The van der Waals surface area contributed by atoms with E-state index in [4.69, 9.17) is 14.2 Å². The van der Waals surface area contributed by atoms with Crippen LogP contribution in [0.4, 0.5) is 0 Å². The molecular weight excluding hydrogens is 564 g/mol. The van der Waals surface area contributed by atoms with Crippen LogP contribution in [0.15, 0.2) is 0 Å². The van der Waals surface area contributed by atoms with Crippen molar-refractivity contribution < 1.29 is 14.2 Å². The Morgan fingerprint density at radius 2 is 0.630 bits per heavy atom. The molecule has 0 aliphatic rings. The molecule has 0 bridgehead atoms. The Bertz CT molecular complexity index is 543. The Morgan fingerprint density at radius 1 is 0.348 bits per heavy atom. The van der Waals surface area contributed by atoms with Crippen LogP contribution in [0.5, 0.6) is 0 Å². The maximum absolute atomic E-state index is 6.24. The lowest BCUT2D eigenvalue weighted by molar-refractivity contribution is -0.0974.